The quantitative estimate of drug-likeness (QED) is 0.578. The highest BCUT2D eigenvalue weighted by Gasteiger charge is 2.47. The Morgan fingerprint density at radius 1 is 1.44 bits per heavy atom. The molecule has 0 radical (unpaired) electrons. The van der Waals surface area contributed by atoms with E-state index >= 15 is 0 Å². The standard InChI is InChI=1S/C12H13FN2O/c1-15(2)11-9(4-3-5-10(11)13)12(6-7-12)14-8-16/h3-5H,6-7H2,1-2H3. The number of hydrogen-bond donors (Lipinski definition) is 0. The molecule has 0 saturated heterocycles. The number of benzene rings is 1. The Bertz CT molecular complexity index is 460. The van der Waals surface area contributed by atoms with E-state index in [1.165, 1.54) is 6.07 Å². The summed E-state index contributed by atoms with van der Waals surface area (Å²) < 4.78 is 13.7. The van der Waals surface area contributed by atoms with Gasteiger partial charge in [-0.25, -0.2) is 9.18 Å². The van der Waals surface area contributed by atoms with Gasteiger partial charge in [0, 0.05) is 19.7 Å². The maximum absolute atomic E-state index is 13.7. The third-order valence-corrected chi connectivity index (χ3v) is 2.92. The summed E-state index contributed by atoms with van der Waals surface area (Å²) in [5, 5.41) is 0. The average Bonchev–Trinajstić information content (AvgIpc) is 2.98. The van der Waals surface area contributed by atoms with Crippen LogP contribution in [0.5, 0.6) is 0 Å². The molecule has 1 aromatic rings. The number of isocyanates is 1. The van der Waals surface area contributed by atoms with Gasteiger partial charge in [-0.2, -0.15) is 4.99 Å². The Labute approximate surface area is 93.6 Å². The van der Waals surface area contributed by atoms with Gasteiger partial charge in [-0.15, -0.1) is 0 Å². The molecule has 3 nitrogen and oxygen atoms in total. The van der Waals surface area contributed by atoms with E-state index in [2.05, 4.69) is 4.99 Å². The molecule has 0 aliphatic heterocycles. The van der Waals surface area contributed by atoms with Gasteiger partial charge in [0.1, 0.15) is 11.4 Å². The third kappa shape index (κ3) is 1.61. The number of para-hydroxylation sites is 1. The van der Waals surface area contributed by atoms with Crippen molar-refractivity contribution in [2.45, 2.75) is 18.4 Å². The van der Waals surface area contributed by atoms with Gasteiger partial charge in [-0.3, -0.25) is 0 Å². The second kappa shape index (κ2) is 3.72. The van der Waals surface area contributed by atoms with Crippen molar-refractivity contribution in [1.82, 2.24) is 0 Å². The molecule has 0 unspecified atom stereocenters. The topological polar surface area (TPSA) is 32.7 Å². The molecule has 0 bridgehead atoms. The van der Waals surface area contributed by atoms with E-state index in [0.717, 1.165) is 18.4 Å². The zero-order chi connectivity index (χ0) is 11.8. The van der Waals surface area contributed by atoms with Crippen molar-refractivity contribution in [3.63, 3.8) is 0 Å². The first-order valence-corrected chi connectivity index (χ1v) is 5.16. The number of hydrogen-bond acceptors (Lipinski definition) is 3. The second-order valence-corrected chi connectivity index (χ2v) is 4.27. The molecule has 1 saturated carbocycles. The lowest BCUT2D eigenvalue weighted by Crippen LogP contribution is -2.17. The van der Waals surface area contributed by atoms with Crippen molar-refractivity contribution in [2.24, 2.45) is 4.99 Å². The largest absolute Gasteiger partial charge is 0.375 e. The van der Waals surface area contributed by atoms with Crippen LogP contribution in [-0.2, 0) is 10.3 Å². The normalized spacial score (nSPS) is 16.4. The highest BCUT2D eigenvalue weighted by Crippen LogP contribution is 2.52. The lowest BCUT2D eigenvalue weighted by Gasteiger charge is -2.21. The van der Waals surface area contributed by atoms with Crippen molar-refractivity contribution in [3.8, 4) is 0 Å². The molecule has 4 heteroatoms. The maximum atomic E-state index is 13.7. The van der Waals surface area contributed by atoms with E-state index in [1.54, 1.807) is 31.1 Å². The smallest absolute Gasteiger partial charge is 0.235 e. The molecule has 84 valence electrons. The zero-order valence-electron chi connectivity index (χ0n) is 9.33. The lowest BCUT2D eigenvalue weighted by molar-refractivity contribution is 0.555. The summed E-state index contributed by atoms with van der Waals surface area (Å²) in [6.07, 6.45) is 3.16. The molecule has 1 fully saturated rings. The summed E-state index contributed by atoms with van der Waals surface area (Å²) >= 11 is 0. The number of halogens is 1. The van der Waals surface area contributed by atoms with Gasteiger partial charge in [0.25, 0.3) is 0 Å². The first kappa shape index (κ1) is 10.8. The summed E-state index contributed by atoms with van der Waals surface area (Å²) in [6, 6.07) is 4.89. The molecular weight excluding hydrogens is 207 g/mol. The Morgan fingerprint density at radius 2 is 2.12 bits per heavy atom. The number of aliphatic imine (C=N–C) groups is 1. The van der Waals surface area contributed by atoms with Crippen LogP contribution in [0.2, 0.25) is 0 Å². The zero-order valence-corrected chi connectivity index (χ0v) is 9.33. The minimum absolute atomic E-state index is 0.283. The van der Waals surface area contributed by atoms with Gasteiger partial charge >= 0.3 is 0 Å². The minimum atomic E-state index is -0.524. The molecule has 16 heavy (non-hydrogen) atoms. The van der Waals surface area contributed by atoms with Crippen LogP contribution >= 0.6 is 0 Å². The predicted octanol–water partition coefficient (Wildman–Crippen LogP) is 2.22. The number of rotatable bonds is 3. The van der Waals surface area contributed by atoms with Gasteiger partial charge in [-0.05, 0) is 18.9 Å². The first-order chi connectivity index (χ1) is 7.60. The van der Waals surface area contributed by atoms with Crippen LogP contribution in [0.1, 0.15) is 18.4 Å². The van der Waals surface area contributed by atoms with Crippen LogP contribution in [0.4, 0.5) is 10.1 Å². The van der Waals surface area contributed by atoms with Crippen molar-refractivity contribution in [2.75, 3.05) is 19.0 Å². The molecule has 0 amide bonds. The summed E-state index contributed by atoms with van der Waals surface area (Å²) in [5.41, 5.74) is 0.767. The third-order valence-electron chi connectivity index (χ3n) is 2.92. The summed E-state index contributed by atoms with van der Waals surface area (Å²) in [4.78, 5) is 15.9. The van der Waals surface area contributed by atoms with E-state index in [-0.39, 0.29) is 5.82 Å². The van der Waals surface area contributed by atoms with Crippen molar-refractivity contribution >= 4 is 11.8 Å². The fourth-order valence-corrected chi connectivity index (χ4v) is 1.99. The predicted molar refractivity (Wildman–Crippen MR) is 59.8 cm³/mol. The van der Waals surface area contributed by atoms with Gasteiger partial charge in [0.15, 0.2) is 0 Å². The summed E-state index contributed by atoms with van der Waals surface area (Å²) in [7, 11) is 3.56. The second-order valence-electron chi connectivity index (χ2n) is 4.27. The number of anilines is 1. The van der Waals surface area contributed by atoms with Crippen molar-refractivity contribution < 1.29 is 9.18 Å². The lowest BCUT2D eigenvalue weighted by atomic mass is 10.0. The Morgan fingerprint density at radius 3 is 2.62 bits per heavy atom. The summed E-state index contributed by atoms with van der Waals surface area (Å²) in [5.74, 6) is -0.283. The van der Waals surface area contributed by atoms with Crippen LogP contribution in [0, 0.1) is 5.82 Å². The molecule has 1 aliphatic carbocycles. The maximum Gasteiger partial charge on any atom is 0.235 e. The van der Waals surface area contributed by atoms with Crippen LogP contribution in [0.25, 0.3) is 0 Å². The van der Waals surface area contributed by atoms with E-state index in [1.807, 2.05) is 6.07 Å². The first-order valence-electron chi connectivity index (χ1n) is 5.16. The molecular formula is C12H13FN2O. The Balaban J connectivity index is 2.57. The molecule has 1 aromatic carbocycles. The fraction of sp³-hybridized carbons (Fsp3) is 0.417. The highest BCUT2D eigenvalue weighted by molar-refractivity contribution is 5.59. The van der Waals surface area contributed by atoms with Crippen molar-refractivity contribution in [3.05, 3.63) is 29.6 Å². The van der Waals surface area contributed by atoms with Gasteiger partial charge in [-0.1, -0.05) is 12.1 Å². The minimum Gasteiger partial charge on any atom is -0.375 e. The van der Waals surface area contributed by atoms with Crippen LogP contribution < -0.4 is 4.90 Å². The number of nitrogens with zero attached hydrogens (tertiary/aromatic N) is 2. The Kier molecular flexibility index (Phi) is 2.52. The molecule has 0 atom stereocenters. The van der Waals surface area contributed by atoms with E-state index < -0.39 is 5.54 Å². The van der Waals surface area contributed by atoms with Gasteiger partial charge < -0.3 is 4.90 Å². The van der Waals surface area contributed by atoms with E-state index in [4.69, 9.17) is 0 Å². The fourth-order valence-electron chi connectivity index (χ4n) is 1.99. The van der Waals surface area contributed by atoms with E-state index in [0.29, 0.717) is 5.69 Å². The Hall–Kier alpha value is -1.67. The highest BCUT2D eigenvalue weighted by atomic mass is 19.1. The molecule has 0 N–H and O–H groups in total. The average molecular weight is 220 g/mol. The van der Waals surface area contributed by atoms with Crippen LogP contribution in [-0.4, -0.2) is 20.2 Å². The van der Waals surface area contributed by atoms with Gasteiger partial charge in [0.05, 0.1) is 5.69 Å². The van der Waals surface area contributed by atoms with Crippen LogP contribution in [0.15, 0.2) is 23.2 Å². The summed E-state index contributed by atoms with van der Waals surface area (Å²) in [6.45, 7) is 0. The molecule has 0 spiro atoms. The monoisotopic (exact) mass is 220 g/mol. The van der Waals surface area contributed by atoms with Crippen LogP contribution in [0.3, 0.4) is 0 Å². The van der Waals surface area contributed by atoms with Crippen molar-refractivity contribution in [1.29, 1.82) is 0 Å². The molecule has 0 aromatic heterocycles. The molecule has 2 rings (SSSR count). The van der Waals surface area contributed by atoms with E-state index in [9.17, 15) is 9.18 Å². The van der Waals surface area contributed by atoms with Gasteiger partial charge in [0.2, 0.25) is 6.08 Å². The molecule has 1 aliphatic rings. The molecule has 0 heterocycles. The number of carbonyl (C=O) groups excluding carboxylic acids is 1. The SMILES string of the molecule is CN(C)c1c(F)cccc1C1(N=C=O)CC1.